The molecule has 1 aromatic rings. The molecule has 0 spiro atoms. The summed E-state index contributed by atoms with van der Waals surface area (Å²) in [5.41, 5.74) is 1.33. The number of anilines is 1. The van der Waals surface area contributed by atoms with Gasteiger partial charge in [-0.1, -0.05) is 40.8 Å². The van der Waals surface area contributed by atoms with Crippen LogP contribution in [0.2, 0.25) is 0 Å². The molecule has 1 rings (SSSR count). The first-order chi connectivity index (χ1) is 5.88. The summed E-state index contributed by atoms with van der Waals surface area (Å²) >= 11 is 2.41. The topological polar surface area (TPSA) is 3.24 Å². The molecule has 2 heteroatoms. The van der Waals surface area contributed by atoms with E-state index in [0.29, 0.717) is 0 Å². The van der Waals surface area contributed by atoms with Crippen LogP contribution in [-0.2, 0) is 0 Å². The Bertz CT molecular complexity index is 210. The third kappa shape index (κ3) is 2.66. The molecule has 0 amide bonds. The monoisotopic (exact) mass is 275 g/mol. The van der Waals surface area contributed by atoms with E-state index in [2.05, 4.69) is 64.7 Å². The van der Waals surface area contributed by atoms with Gasteiger partial charge in [-0.05, 0) is 19.1 Å². The van der Waals surface area contributed by atoms with Crippen LogP contribution in [-0.4, -0.2) is 17.5 Å². The second kappa shape index (κ2) is 5.41. The van der Waals surface area contributed by atoms with Crippen molar-refractivity contribution >= 4 is 28.3 Å². The van der Waals surface area contributed by atoms with Crippen LogP contribution in [0.5, 0.6) is 0 Å². The zero-order valence-electron chi connectivity index (χ0n) is 7.33. The molecule has 0 aliphatic heterocycles. The summed E-state index contributed by atoms with van der Waals surface area (Å²) in [6.07, 6.45) is 0. The van der Waals surface area contributed by atoms with Crippen molar-refractivity contribution in [2.45, 2.75) is 6.92 Å². The van der Waals surface area contributed by atoms with E-state index < -0.39 is 0 Å². The van der Waals surface area contributed by atoms with Crippen molar-refractivity contribution in [3.05, 3.63) is 30.3 Å². The predicted octanol–water partition coefficient (Wildman–Crippen LogP) is 2.95. The Hall–Kier alpha value is -0.250. The minimum absolute atomic E-state index is 1.09. The fourth-order valence-electron chi connectivity index (χ4n) is 1.21. The number of halogens is 1. The molecule has 1 aromatic carbocycles. The summed E-state index contributed by atoms with van der Waals surface area (Å²) in [7, 11) is 0. The zero-order chi connectivity index (χ0) is 8.81. The largest absolute Gasteiger partial charge is 0.371 e. The minimum atomic E-state index is 1.09. The lowest BCUT2D eigenvalue weighted by atomic mass is 10.3. The van der Waals surface area contributed by atoms with E-state index in [1.807, 2.05) is 0 Å². The quantitative estimate of drug-likeness (QED) is 0.603. The van der Waals surface area contributed by atoms with E-state index in [4.69, 9.17) is 0 Å². The van der Waals surface area contributed by atoms with Crippen molar-refractivity contribution < 1.29 is 0 Å². The van der Waals surface area contributed by atoms with Gasteiger partial charge >= 0.3 is 0 Å². The van der Waals surface area contributed by atoms with Gasteiger partial charge < -0.3 is 4.90 Å². The van der Waals surface area contributed by atoms with Gasteiger partial charge in [0.1, 0.15) is 0 Å². The molecule has 0 fully saturated rings. The molecule has 0 N–H and O–H groups in total. The molecule has 0 atom stereocenters. The van der Waals surface area contributed by atoms with Crippen molar-refractivity contribution in [2.75, 3.05) is 22.4 Å². The first-order valence-corrected chi connectivity index (χ1v) is 5.77. The second-order valence-corrected chi connectivity index (χ2v) is 3.68. The fourth-order valence-corrected chi connectivity index (χ4v) is 1.79. The van der Waals surface area contributed by atoms with Gasteiger partial charge in [-0.15, -0.1) is 0 Å². The number of rotatable bonds is 4. The van der Waals surface area contributed by atoms with E-state index in [-0.39, 0.29) is 0 Å². The van der Waals surface area contributed by atoms with Crippen molar-refractivity contribution in [1.29, 1.82) is 0 Å². The third-order valence-corrected chi connectivity index (χ3v) is 2.34. The normalized spacial score (nSPS) is 9.83. The zero-order valence-corrected chi connectivity index (χ0v) is 9.49. The maximum atomic E-state index is 2.41. The number of hydrogen-bond donors (Lipinski definition) is 0. The number of hydrogen-bond acceptors (Lipinski definition) is 1. The Morgan fingerprint density at radius 1 is 1.25 bits per heavy atom. The Balaban J connectivity index is 2.66. The van der Waals surface area contributed by atoms with Gasteiger partial charge in [0.2, 0.25) is 0 Å². The van der Waals surface area contributed by atoms with Crippen molar-refractivity contribution in [1.82, 2.24) is 0 Å². The summed E-state index contributed by atoms with van der Waals surface area (Å²) in [5, 5.41) is 0. The minimum Gasteiger partial charge on any atom is -0.371 e. The first-order valence-electron chi connectivity index (χ1n) is 4.24. The summed E-state index contributed by atoms with van der Waals surface area (Å²) in [6.45, 7) is 4.42. The van der Waals surface area contributed by atoms with Gasteiger partial charge in [-0.2, -0.15) is 0 Å². The average Bonchev–Trinajstić information content (AvgIpc) is 2.15. The van der Waals surface area contributed by atoms with Gasteiger partial charge in [-0.25, -0.2) is 0 Å². The lowest BCUT2D eigenvalue weighted by molar-refractivity contribution is 0.879. The van der Waals surface area contributed by atoms with Gasteiger partial charge in [0.15, 0.2) is 0 Å². The molecule has 0 saturated carbocycles. The van der Waals surface area contributed by atoms with Gasteiger partial charge in [0.25, 0.3) is 0 Å². The van der Waals surface area contributed by atoms with E-state index in [1.54, 1.807) is 0 Å². The van der Waals surface area contributed by atoms with E-state index >= 15 is 0 Å². The van der Waals surface area contributed by atoms with E-state index in [9.17, 15) is 0 Å². The summed E-state index contributed by atoms with van der Waals surface area (Å²) < 4.78 is 1.18. The Kier molecular flexibility index (Phi) is 4.43. The van der Waals surface area contributed by atoms with Crippen LogP contribution in [0.25, 0.3) is 0 Å². The standard InChI is InChI=1S/C10H14IN/c1-2-12(9-8-11)10-6-4-3-5-7-10/h3-7H,2,8-9H2,1H3. The maximum Gasteiger partial charge on any atom is 0.0366 e. The van der Waals surface area contributed by atoms with Gasteiger partial charge in [0, 0.05) is 23.2 Å². The third-order valence-electron chi connectivity index (χ3n) is 1.86. The van der Waals surface area contributed by atoms with E-state index in [1.165, 1.54) is 10.1 Å². The van der Waals surface area contributed by atoms with Crippen LogP contribution in [0.4, 0.5) is 5.69 Å². The molecule has 0 unspecified atom stereocenters. The summed E-state index contributed by atoms with van der Waals surface area (Å²) in [4.78, 5) is 2.38. The Morgan fingerprint density at radius 2 is 1.92 bits per heavy atom. The molecule has 0 radical (unpaired) electrons. The highest BCUT2D eigenvalue weighted by Crippen LogP contribution is 2.12. The highest BCUT2D eigenvalue weighted by Gasteiger charge is 2.00. The maximum absolute atomic E-state index is 2.41. The van der Waals surface area contributed by atoms with Gasteiger partial charge in [-0.3, -0.25) is 0 Å². The first kappa shape index (κ1) is 9.84. The molecule has 0 aliphatic carbocycles. The van der Waals surface area contributed by atoms with Crippen molar-refractivity contribution in [3.8, 4) is 0 Å². The highest BCUT2D eigenvalue weighted by atomic mass is 127. The molecule has 0 saturated heterocycles. The smallest absolute Gasteiger partial charge is 0.0366 e. The van der Waals surface area contributed by atoms with Crippen LogP contribution in [0.15, 0.2) is 30.3 Å². The van der Waals surface area contributed by atoms with E-state index in [0.717, 1.165) is 13.1 Å². The molecule has 1 nitrogen and oxygen atoms in total. The Morgan fingerprint density at radius 3 is 2.42 bits per heavy atom. The van der Waals surface area contributed by atoms with Crippen LogP contribution >= 0.6 is 22.6 Å². The lowest BCUT2D eigenvalue weighted by Crippen LogP contribution is -2.24. The molecule has 12 heavy (non-hydrogen) atoms. The molecule has 66 valence electrons. The number of nitrogens with zero attached hydrogens (tertiary/aromatic N) is 1. The lowest BCUT2D eigenvalue weighted by Gasteiger charge is -2.21. The Labute approximate surface area is 87.9 Å². The summed E-state index contributed by atoms with van der Waals surface area (Å²) in [6, 6.07) is 10.6. The molecule has 0 aliphatic rings. The molecule has 0 aromatic heterocycles. The van der Waals surface area contributed by atoms with Crippen LogP contribution in [0.3, 0.4) is 0 Å². The average molecular weight is 275 g/mol. The number of benzene rings is 1. The highest BCUT2D eigenvalue weighted by molar-refractivity contribution is 14.1. The number of para-hydroxylation sites is 1. The predicted molar refractivity (Wildman–Crippen MR) is 63.2 cm³/mol. The van der Waals surface area contributed by atoms with Gasteiger partial charge in [0.05, 0.1) is 0 Å². The SMILES string of the molecule is CCN(CCI)c1ccccc1. The van der Waals surface area contributed by atoms with Crippen LogP contribution < -0.4 is 4.90 Å². The molecular weight excluding hydrogens is 261 g/mol. The van der Waals surface area contributed by atoms with Crippen LogP contribution in [0, 0.1) is 0 Å². The molecular formula is C10H14IN. The summed E-state index contributed by atoms with van der Waals surface area (Å²) in [5.74, 6) is 0. The van der Waals surface area contributed by atoms with Crippen molar-refractivity contribution in [2.24, 2.45) is 0 Å². The van der Waals surface area contributed by atoms with Crippen molar-refractivity contribution in [3.63, 3.8) is 0 Å². The molecule has 0 heterocycles. The number of alkyl halides is 1. The van der Waals surface area contributed by atoms with Crippen LogP contribution in [0.1, 0.15) is 6.92 Å². The second-order valence-electron chi connectivity index (χ2n) is 2.60. The fraction of sp³-hybridized carbons (Fsp3) is 0.400. The molecule has 0 bridgehead atoms.